The van der Waals surface area contributed by atoms with Gasteiger partial charge < -0.3 is 0 Å². The molecular weight excluding hydrogens is 236 g/mol. The highest BCUT2D eigenvalue weighted by atomic mass is 16.2. The summed E-state index contributed by atoms with van der Waals surface area (Å²) in [5.74, 6) is 0.0358. The lowest BCUT2D eigenvalue weighted by Crippen LogP contribution is -2.34. The first-order chi connectivity index (χ1) is 9.21. The van der Waals surface area contributed by atoms with E-state index in [0.717, 1.165) is 24.8 Å². The van der Waals surface area contributed by atoms with Crippen LogP contribution in [0.2, 0.25) is 0 Å². The smallest absolute Gasteiger partial charge is 0.148 e. The third kappa shape index (κ3) is 2.24. The SMILES string of the molecule is O=C1CCC2(CCCC2)C1C(=O)Cc1ccccc1. The Morgan fingerprint density at radius 3 is 2.47 bits per heavy atom. The van der Waals surface area contributed by atoms with Crippen molar-refractivity contribution < 1.29 is 9.59 Å². The van der Waals surface area contributed by atoms with Crippen molar-refractivity contribution in [3.8, 4) is 0 Å². The zero-order valence-corrected chi connectivity index (χ0v) is 11.2. The fraction of sp³-hybridized carbons (Fsp3) is 0.529. The van der Waals surface area contributed by atoms with Crippen molar-refractivity contribution >= 4 is 11.6 Å². The Kier molecular flexibility index (Phi) is 3.26. The molecule has 0 saturated heterocycles. The number of carbonyl (C=O) groups is 2. The van der Waals surface area contributed by atoms with E-state index < -0.39 is 0 Å². The lowest BCUT2D eigenvalue weighted by atomic mass is 9.73. The molecule has 1 aromatic carbocycles. The molecule has 3 rings (SSSR count). The molecule has 100 valence electrons. The number of benzene rings is 1. The highest BCUT2D eigenvalue weighted by Crippen LogP contribution is 2.53. The van der Waals surface area contributed by atoms with Gasteiger partial charge >= 0.3 is 0 Å². The van der Waals surface area contributed by atoms with Crippen LogP contribution in [0, 0.1) is 11.3 Å². The Labute approximate surface area is 114 Å². The molecule has 2 nitrogen and oxygen atoms in total. The van der Waals surface area contributed by atoms with Gasteiger partial charge in [-0.05, 0) is 30.2 Å². The van der Waals surface area contributed by atoms with Gasteiger partial charge in [-0.2, -0.15) is 0 Å². The topological polar surface area (TPSA) is 34.1 Å². The standard InChI is InChI=1S/C17H20O2/c18-14-8-11-17(9-4-5-10-17)16(14)15(19)12-13-6-2-1-3-7-13/h1-3,6-7,16H,4-5,8-12H2. The van der Waals surface area contributed by atoms with E-state index in [1.165, 1.54) is 12.8 Å². The number of ketones is 2. The third-order valence-corrected chi connectivity index (χ3v) is 4.95. The Balaban J connectivity index is 1.80. The zero-order valence-electron chi connectivity index (χ0n) is 11.2. The van der Waals surface area contributed by atoms with Crippen molar-refractivity contribution in [2.45, 2.75) is 44.9 Å². The lowest BCUT2D eigenvalue weighted by Gasteiger charge is -2.28. The second-order valence-corrected chi connectivity index (χ2v) is 6.10. The summed E-state index contributed by atoms with van der Waals surface area (Å²) >= 11 is 0. The average molecular weight is 256 g/mol. The Bertz CT molecular complexity index is 483. The molecular formula is C17H20O2. The van der Waals surface area contributed by atoms with E-state index in [0.29, 0.717) is 12.8 Å². The molecule has 0 radical (unpaired) electrons. The molecule has 19 heavy (non-hydrogen) atoms. The van der Waals surface area contributed by atoms with Crippen molar-refractivity contribution in [2.24, 2.45) is 11.3 Å². The van der Waals surface area contributed by atoms with E-state index in [9.17, 15) is 9.59 Å². The first kappa shape index (κ1) is 12.6. The number of carbonyl (C=O) groups excluding carboxylic acids is 2. The molecule has 0 N–H and O–H groups in total. The summed E-state index contributed by atoms with van der Waals surface area (Å²) in [4.78, 5) is 24.7. The van der Waals surface area contributed by atoms with E-state index >= 15 is 0 Å². The van der Waals surface area contributed by atoms with Gasteiger partial charge in [-0.15, -0.1) is 0 Å². The van der Waals surface area contributed by atoms with Gasteiger partial charge in [0.05, 0.1) is 5.92 Å². The van der Waals surface area contributed by atoms with Crippen LogP contribution in [0.5, 0.6) is 0 Å². The van der Waals surface area contributed by atoms with Gasteiger partial charge in [0.2, 0.25) is 0 Å². The highest BCUT2D eigenvalue weighted by molar-refractivity contribution is 6.05. The number of hydrogen-bond donors (Lipinski definition) is 0. The van der Waals surface area contributed by atoms with Crippen molar-refractivity contribution in [2.75, 3.05) is 0 Å². The summed E-state index contributed by atoms with van der Waals surface area (Å²) in [6.45, 7) is 0. The van der Waals surface area contributed by atoms with Crippen LogP contribution >= 0.6 is 0 Å². The van der Waals surface area contributed by atoms with Gasteiger partial charge in [0.25, 0.3) is 0 Å². The maximum atomic E-state index is 12.6. The fourth-order valence-electron chi connectivity index (χ4n) is 4.04. The van der Waals surface area contributed by atoms with Gasteiger partial charge in [-0.1, -0.05) is 43.2 Å². The molecule has 0 heterocycles. The minimum Gasteiger partial charge on any atom is -0.299 e. The van der Waals surface area contributed by atoms with E-state index in [4.69, 9.17) is 0 Å². The molecule has 2 aliphatic rings. The van der Waals surface area contributed by atoms with Crippen molar-refractivity contribution in [3.05, 3.63) is 35.9 Å². The van der Waals surface area contributed by atoms with E-state index in [1.54, 1.807) is 0 Å². The van der Waals surface area contributed by atoms with Crippen LogP contribution in [-0.2, 0) is 16.0 Å². The fourth-order valence-corrected chi connectivity index (χ4v) is 4.04. The predicted octanol–water partition coefficient (Wildman–Crippen LogP) is 3.34. The molecule has 0 bridgehead atoms. The van der Waals surface area contributed by atoms with Gasteiger partial charge in [0.15, 0.2) is 0 Å². The number of hydrogen-bond acceptors (Lipinski definition) is 2. The Morgan fingerprint density at radius 1 is 1.11 bits per heavy atom. The number of Topliss-reactive ketones (excluding diaryl/α,β-unsaturated/α-hetero) is 2. The van der Waals surface area contributed by atoms with E-state index in [2.05, 4.69) is 0 Å². The predicted molar refractivity (Wildman–Crippen MR) is 73.8 cm³/mol. The van der Waals surface area contributed by atoms with Crippen LogP contribution in [0.1, 0.15) is 44.1 Å². The molecule has 2 aliphatic carbocycles. The molecule has 2 saturated carbocycles. The molecule has 1 unspecified atom stereocenters. The van der Waals surface area contributed by atoms with E-state index in [-0.39, 0.29) is 22.9 Å². The normalized spacial score (nSPS) is 25.1. The maximum Gasteiger partial charge on any atom is 0.148 e. The summed E-state index contributed by atoms with van der Waals surface area (Å²) in [6, 6.07) is 9.79. The average Bonchev–Trinajstić information content (AvgIpc) is 2.99. The molecule has 1 aromatic rings. The molecule has 2 heteroatoms. The summed E-state index contributed by atoms with van der Waals surface area (Å²) in [7, 11) is 0. The summed E-state index contributed by atoms with van der Waals surface area (Å²) in [6.07, 6.45) is 6.49. The minimum absolute atomic E-state index is 0.0307. The van der Waals surface area contributed by atoms with Gasteiger partial charge in [-0.25, -0.2) is 0 Å². The Morgan fingerprint density at radius 2 is 1.79 bits per heavy atom. The summed E-state index contributed by atoms with van der Waals surface area (Å²) < 4.78 is 0. The van der Waals surface area contributed by atoms with Crippen LogP contribution in [0.3, 0.4) is 0 Å². The van der Waals surface area contributed by atoms with Gasteiger partial charge in [-0.3, -0.25) is 9.59 Å². The summed E-state index contributed by atoms with van der Waals surface area (Å²) in [5, 5.41) is 0. The first-order valence-electron chi connectivity index (χ1n) is 7.31. The van der Waals surface area contributed by atoms with Gasteiger partial charge in [0.1, 0.15) is 11.6 Å². The highest BCUT2D eigenvalue weighted by Gasteiger charge is 2.52. The van der Waals surface area contributed by atoms with Gasteiger partial charge in [0, 0.05) is 12.8 Å². The zero-order chi connectivity index (χ0) is 13.3. The summed E-state index contributed by atoms with van der Waals surface area (Å²) in [5.41, 5.74) is 1.06. The second kappa shape index (κ2) is 4.92. The molecule has 2 fully saturated rings. The van der Waals surface area contributed by atoms with Crippen LogP contribution in [0.25, 0.3) is 0 Å². The van der Waals surface area contributed by atoms with Crippen molar-refractivity contribution in [1.29, 1.82) is 0 Å². The van der Waals surface area contributed by atoms with Crippen LogP contribution in [0.4, 0.5) is 0 Å². The molecule has 1 spiro atoms. The number of rotatable bonds is 3. The monoisotopic (exact) mass is 256 g/mol. The van der Waals surface area contributed by atoms with Crippen LogP contribution in [0.15, 0.2) is 30.3 Å². The molecule has 0 aromatic heterocycles. The quantitative estimate of drug-likeness (QED) is 0.777. The van der Waals surface area contributed by atoms with Crippen molar-refractivity contribution in [1.82, 2.24) is 0 Å². The lowest BCUT2D eigenvalue weighted by molar-refractivity contribution is -0.133. The second-order valence-electron chi connectivity index (χ2n) is 6.10. The van der Waals surface area contributed by atoms with Crippen LogP contribution < -0.4 is 0 Å². The maximum absolute atomic E-state index is 12.6. The third-order valence-electron chi connectivity index (χ3n) is 4.95. The molecule has 1 atom stereocenters. The van der Waals surface area contributed by atoms with Crippen molar-refractivity contribution in [3.63, 3.8) is 0 Å². The molecule has 0 aliphatic heterocycles. The Hall–Kier alpha value is -1.44. The van der Waals surface area contributed by atoms with E-state index in [1.807, 2.05) is 30.3 Å². The first-order valence-corrected chi connectivity index (χ1v) is 7.31. The minimum atomic E-state index is -0.310. The van der Waals surface area contributed by atoms with Crippen LogP contribution in [-0.4, -0.2) is 11.6 Å². The largest absolute Gasteiger partial charge is 0.299 e. The molecule has 0 amide bonds.